The van der Waals surface area contributed by atoms with Crippen LogP contribution in [-0.2, 0) is 4.79 Å². The molecular formula is C14H15NO4. The van der Waals surface area contributed by atoms with Gasteiger partial charge >= 0.3 is 5.97 Å². The van der Waals surface area contributed by atoms with E-state index in [0.717, 1.165) is 6.42 Å². The number of hydrogen-bond donors (Lipinski definition) is 2. The molecule has 1 aromatic carbocycles. The van der Waals surface area contributed by atoms with E-state index in [4.69, 9.17) is 15.9 Å². The van der Waals surface area contributed by atoms with Gasteiger partial charge in [0.1, 0.15) is 6.04 Å². The van der Waals surface area contributed by atoms with Gasteiger partial charge in [-0.25, -0.2) is 0 Å². The van der Waals surface area contributed by atoms with Gasteiger partial charge in [-0.2, -0.15) is 0 Å². The van der Waals surface area contributed by atoms with Crippen molar-refractivity contribution >= 4 is 5.97 Å². The first-order chi connectivity index (χ1) is 9.22. The third kappa shape index (κ3) is 3.18. The van der Waals surface area contributed by atoms with Crippen LogP contribution in [0.25, 0.3) is 0 Å². The molecule has 0 saturated heterocycles. The number of hydrogen-bond acceptors (Lipinski definition) is 4. The van der Waals surface area contributed by atoms with Gasteiger partial charge in [0.05, 0.1) is 19.8 Å². The molecule has 1 aliphatic rings. The van der Waals surface area contributed by atoms with E-state index in [2.05, 4.69) is 11.2 Å². The summed E-state index contributed by atoms with van der Waals surface area (Å²) in [6.45, 7) is 1.35. The number of nitrogens with one attached hydrogen (secondary N) is 1. The average Bonchev–Trinajstić information content (AvgIpc) is 2.63. The van der Waals surface area contributed by atoms with Crippen molar-refractivity contribution in [2.45, 2.75) is 12.5 Å². The van der Waals surface area contributed by atoms with Gasteiger partial charge in [-0.1, -0.05) is 12.0 Å². The van der Waals surface area contributed by atoms with Crippen molar-refractivity contribution in [1.29, 1.82) is 0 Å². The maximum absolute atomic E-state index is 11.2. The molecule has 0 saturated carbocycles. The van der Waals surface area contributed by atoms with Gasteiger partial charge in [0, 0.05) is 6.42 Å². The van der Waals surface area contributed by atoms with Gasteiger partial charge < -0.3 is 14.6 Å². The monoisotopic (exact) mass is 261 g/mol. The molecule has 0 bridgehead atoms. The van der Waals surface area contributed by atoms with Crippen molar-refractivity contribution in [3.05, 3.63) is 23.8 Å². The molecule has 1 unspecified atom stereocenters. The zero-order chi connectivity index (χ0) is 13.7. The Bertz CT molecular complexity index is 507. The lowest BCUT2D eigenvalue weighted by Crippen LogP contribution is -2.28. The maximum atomic E-state index is 11.2. The Labute approximate surface area is 111 Å². The minimum atomic E-state index is -0.982. The van der Waals surface area contributed by atoms with Crippen LogP contribution in [0.15, 0.2) is 18.2 Å². The SMILES string of the molecule is C#CCNC(C(=O)O)c1ccc2c(c1)OCCCO2. The van der Waals surface area contributed by atoms with Gasteiger partial charge in [-0.15, -0.1) is 6.42 Å². The number of carbonyl (C=O) groups is 1. The summed E-state index contributed by atoms with van der Waals surface area (Å²) in [6.07, 6.45) is 5.94. The van der Waals surface area contributed by atoms with E-state index in [0.29, 0.717) is 30.3 Å². The summed E-state index contributed by atoms with van der Waals surface area (Å²) in [5, 5.41) is 12.0. The number of rotatable bonds is 4. The highest BCUT2D eigenvalue weighted by atomic mass is 16.5. The van der Waals surface area contributed by atoms with Crippen LogP contribution >= 0.6 is 0 Å². The first kappa shape index (κ1) is 13.2. The Morgan fingerprint density at radius 2 is 2.16 bits per heavy atom. The van der Waals surface area contributed by atoms with Crippen molar-refractivity contribution in [1.82, 2.24) is 5.32 Å². The molecule has 0 fully saturated rings. The predicted octanol–water partition coefficient (Wildman–Crippen LogP) is 1.20. The minimum absolute atomic E-state index is 0.186. The molecule has 2 rings (SSSR count). The topological polar surface area (TPSA) is 67.8 Å². The van der Waals surface area contributed by atoms with Gasteiger partial charge in [0.25, 0.3) is 0 Å². The molecule has 2 N–H and O–H groups in total. The highest BCUT2D eigenvalue weighted by Gasteiger charge is 2.21. The van der Waals surface area contributed by atoms with E-state index in [9.17, 15) is 9.90 Å². The molecule has 0 aromatic heterocycles. The molecule has 1 atom stereocenters. The second-order valence-corrected chi connectivity index (χ2v) is 4.11. The van der Waals surface area contributed by atoms with Crippen LogP contribution < -0.4 is 14.8 Å². The fourth-order valence-electron chi connectivity index (χ4n) is 1.87. The lowest BCUT2D eigenvalue weighted by Gasteiger charge is -2.15. The van der Waals surface area contributed by atoms with Crippen molar-refractivity contribution in [3.8, 4) is 23.8 Å². The Morgan fingerprint density at radius 1 is 1.42 bits per heavy atom. The van der Waals surface area contributed by atoms with Crippen LogP contribution in [0.1, 0.15) is 18.0 Å². The molecule has 0 aliphatic carbocycles. The van der Waals surface area contributed by atoms with E-state index in [1.54, 1.807) is 18.2 Å². The van der Waals surface area contributed by atoms with Crippen LogP contribution in [0, 0.1) is 12.3 Å². The first-order valence-corrected chi connectivity index (χ1v) is 6.01. The van der Waals surface area contributed by atoms with Crippen LogP contribution in [0.4, 0.5) is 0 Å². The summed E-state index contributed by atoms with van der Waals surface area (Å²) >= 11 is 0. The highest BCUT2D eigenvalue weighted by molar-refractivity contribution is 5.76. The normalized spacial score (nSPS) is 15.1. The van der Waals surface area contributed by atoms with Crippen molar-refractivity contribution < 1.29 is 19.4 Å². The largest absolute Gasteiger partial charge is 0.490 e. The van der Waals surface area contributed by atoms with Gasteiger partial charge in [0.2, 0.25) is 0 Å². The van der Waals surface area contributed by atoms with Crippen LogP contribution in [-0.4, -0.2) is 30.8 Å². The average molecular weight is 261 g/mol. The van der Waals surface area contributed by atoms with Crippen molar-refractivity contribution in [3.63, 3.8) is 0 Å². The van der Waals surface area contributed by atoms with Gasteiger partial charge in [0.15, 0.2) is 11.5 Å². The van der Waals surface area contributed by atoms with Gasteiger partial charge in [-0.3, -0.25) is 10.1 Å². The molecule has 0 radical (unpaired) electrons. The fraction of sp³-hybridized carbons (Fsp3) is 0.357. The molecular weight excluding hydrogens is 246 g/mol. The Balaban J connectivity index is 2.26. The summed E-state index contributed by atoms with van der Waals surface area (Å²) in [5.74, 6) is 2.60. The second-order valence-electron chi connectivity index (χ2n) is 4.11. The molecule has 100 valence electrons. The second kappa shape index (κ2) is 6.12. The molecule has 5 nitrogen and oxygen atoms in total. The molecule has 5 heteroatoms. The van der Waals surface area contributed by atoms with E-state index >= 15 is 0 Å². The lowest BCUT2D eigenvalue weighted by atomic mass is 10.1. The molecule has 19 heavy (non-hydrogen) atoms. The van der Waals surface area contributed by atoms with Gasteiger partial charge in [-0.05, 0) is 17.7 Å². The van der Waals surface area contributed by atoms with Crippen LogP contribution in [0.5, 0.6) is 11.5 Å². The van der Waals surface area contributed by atoms with Crippen LogP contribution in [0.3, 0.4) is 0 Å². The fourth-order valence-corrected chi connectivity index (χ4v) is 1.87. The number of benzene rings is 1. The molecule has 1 aromatic rings. The third-order valence-corrected chi connectivity index (χ3v) is 2.76. The maximum Gasteiger partial charge on any atom is 0.325 e. The summed E-state index contributed by atoms with van der Waals surface area (Å²) in [6, 6.07) is 4.26. The number of fused-ring (bicyclic) bond motifs is 1. The molecule has 1 heterocycles. The predicted molar refractivity (Wildman–Crippen MR) is 69.3 cm³/mol. The van der Waals surface area contributed by atoms with E-state index in [-0.39, 0.29) is 6.54 Å². The first-order valence-electron chi connectivity index (χ1n) is 6.01. The quantitative estimate of drug-likeness (QED) is 0.797. The van der Waals surface area contributed by atoms with Crippen molar-refractivity contribution in [2.24, 2.45) is 0 Å². The Hall–Kier alpha value is -2.19. The summed E-state index contributed by atoms with van der Waals surface area (Å²) < 4.78 is 11.0. The Morgan fingerprint density at radius 3 is 2.84 bits per heavy atom. The molecule has 0 amide bonds. The van der Waals surface area contributed by atoms with E-state index in [1.807, 2.05) is 0 Å². The lowest BCUT2D eigenvalue weighted by molar-refractivity contribution is -0.139. The molecule has 0 spiro atoms. The number of carboxylic acid groups (broad SMARTS) is 1. The number of aliphatic carboxylic acids is 1. The van der Waals surface area contributed by atoms with E-state index < -0.39 is 12.0 Å². The minimum Gasteiger partial charge on any atom is -0.490 e. The molecule has 1 aliphatic heterocycles. The smallest absolute Gasteiger partial charge is 0.325 e. The van der Waals surface area contributed by atoms with Crippen molar-refractivity contribution in [2.75, 3.05) is 19.8 Å². The zero-order valence-corrected chi connectivity index (χ0v) is 10.4. The summed E-state index contributed by atoms with van der Waals surface area (Å²) in [4.78, 5) is 11.2. The third-order valence-electron chi connectivity index (χ3n) is 2.76. The number of carboxylic acids is 1. The highest BCUT2D eigenvalue weighted by Crippen LogP contribution is 2.32. The number of ether oxygens (including phenoxy) is 2. The standard InChI is InChI=1S/C14H15NO4/c1-2-6-15-13(14(16)17)10-4-5-11-12(9-10)19-8-3-7-18-11/h1,4-5,9,13,15H,3,6-8H2,(H,16,17). The Kier molecular flexibility index (Phi) is 4.26. The van der Waals surface area contributed by atoms with E-state index in [1.165, 1.54) is 0 Å². The zero-order valence-electron chi connectivity index (χ0n) is 10.4. The summed E-state index contributed by atoms with van der Waals surface area (Å²) in [7, 11) is 0. The summed E-state index contributed by atoms with van der Waals surface area (Å²) in [5.41, 5.74) is 0.590. The van der Waals surface area contributed by atoms with Crippen LogP contribution in [0.2, 0.25) is 0 Å². The number of terminal acetylenes is 1.